The number of rotatable bonds is 16. The molecule has 8 rings (SSSR count). The van der Waals surface area contributed by atoms with E-state index in [0.717, 1.165) is 111 Å². The van der Waals surface area contributed by atoms with E-state index in [0.29, 0.717) is 29.6 Å². The molecular weight excluding hydrogens is 872 g/mol. The predicted octanol–water partition coefficient (Wildman–Crippen LogP) is 12.2. The Morgan fingerprint density at radius 1 is 0.908 bits per heavy atom. The number of allylic oxidation sites excluding steroid dienone is 1. The van der Waals surface area contributed by atoms with Crippen LogP contribution < -0.4 is 14.9 Å². The van der Waals surface area contributed by atoms with Gasteiger partial charge in [-0.25, -0.2) is 9.97 Å². The third-order valence-corrected chi connectivity index (χ3v) is 14.3. The molecule has 0 amide bonds. The maximum Gasteiger partial charge on any atom is 0.293 e. The zero-order valence-electron chi connectivity index (χ0n) is 38.6. The highest BCUT2D eigenvalue weighted by Gasteiger charge is 2.30. The van der Waals surface area contributed by atoms with Crippen LogP contribution in [0.25, 0.3) is 16.5 Å². The molecule has 2 saturated heterocycles. The highest BCUT2D eigenvalue weighted by Crippen LogP contribution is 2.43. The third kappa shape index (κ3) is 14.1. The fraction of sp³-hybridized carbons (Fsp3) is 0.451. The zero-order valence-corrected chi connectivity index (χ0v) is 41.0. The summed E-state index contributed by atoms with van der Waals surface area (Å²) in [6.45, 7) is 17.5. The van der Waals surface area contributed by atoms with Gasteiger partial charge < -0.3 is 24.6 Å². The lowest BCUT2D eigenvalue weighted by Gasteiger charge is -2.39. The molecule has 0 spiro atoms. The summed E-state index contributed by atoms with van der Waals surface area (Å²) in [5.41, 5.74) is 7.29. The molecular formula is C51H65ClN8O3S2. The van der Waals surface area contributed by atoms with Gasteiger partial charge in [0.05, 0.1) is 22.6 Å². The molecule has 1 aliphatic carbocycles. The molecule has 4 aromatic carbocycles. The molecule has 0 bridgehead atoms. The first-order chi connectivity index (χ1) is 31.4. The molecule has 2 fully saturated rings. The van der Waals surface area contributed by atoms with Gasteiger partial charge in [-0.15, -0.1) is 11.8 Å². The number of nitrogens with zero attached hydrogens (tertiary/aromatic N) is 6. The molecule has 5 aromatic rings. The summed E-state index contributed by atoms with van der Waals surface area (Å²) in [5, 5.41) is 17.0. The molecule has 0 radical (unpaired) electrons. The van der Waals surface area contributed by atoms with Crippen LogP contribution >= 0.6 is 35.3 Å². The van der Waals surface area contributed by atoms with Crippen LogP contribution in [0, 0.1) is 15.5 Å². The lowest BCUT2D eigenvalue weighted by molar-refractivity contribution is -0.384. The van der Waals surface area contributed by atoms with Crippen molar-refractivity contribution in [2.75, 3.05) is 80.1 Å². The van der Waals surface area contributed by atoms with Gasteiger partial charge in [0.25, 0.3) is 5.69 Å². The van der Waals surface area contributed by atoms with E-state index in [9.17, 15) is 10.1 Å². The van der Waals surface area contributed by atoms with Gasteiger partial charge in [-0.1, -0.05) is 61.4 Å². The number of fused-ring (bicyclic) bond motifs is 1. The number of anilines is 3. The maximum absolute atomic E-state index is 12.1. The average Bonchev–Trinajstić information content (AvgIpc) is 3.31. The van der Waals surface area contributed by atoms with E-state index < -0.39 is 0 Å². The predicted molar refractivity (Wildman–Crippen MR) is 274 cm³/mol. The first kappa shape index (κ1) is 48.6. The van der Waals surface area contributed by atoms with Crippen molar-refractivity contribution in [3.05, 3.63) is 124 Å². The molecule has 2 aliphatic heterocycles. The Hall–Kier alpha value is -4.37. The molecule has 2 N–H and O–H groups in total. The minimum atomic E-state index is -0.320. The van der Waals surface area contributed by atoms with Crippen LogP contribution in [0.3, 0.4) is 0 Å². The molecule has 1 aromatic heterocycles. The number of thioether (sulfide) groups is 1. The topological polar surface area (TPSA) is 112 Å². The average molecular weight is 938 g/mol. The van der Waals surface area contributed by atoms with Gasteiger partial charge in [-0.05, 0) is 148 Å². The summed E-state index contributed by atoms with van der Waals surface area (Å²) in [6, 6.07) is 30.4. The van der Waals surface area contributed by atoms with Gasteiger partial charge in [0, 0.05) is 84.3 Å². The van der Waals surface area contributed by atoms with Crippen molar-refractivity contribution in [3.63, 3.8) is 0 Å². The number of nitro benzene ring substituents is 1. The van der Waals surface area contributed by atoms with Crippen LogP contribution in [0.15, 0.2) is 113 Å². The second kappa shape index (κ2) is 23.4. The van der Waals surface area contributed by atoms with Crippen molar-refractivity contribution in [1.82, 2.24) is 19.8 Å². The van der Waals surface area contributed by atoms with Crippen molar-refractivity contribution < 1.29 is 9.66 Å². The third-order valence-electron chi connectivity index (χ3n) is 12.5. The van der Waals surface area contributed by atoms with Gasteiger partial charge >= 0.3 is 0 Å². The number of nitrogens with one attached hydrogen (secondary N) is 2. The smallest absolute Gasteiger partial charge is 0.293 e. The summed E-state index contributed by atoms with van der Waals surface area (Å²) in [5.74, 6) is 0.672. The number of aromatic nitrogens is 2. The summed E-state index contributed by atoms with van der Waals surface area (Å²) < 4.78 is 9.31. The van der Waals surface area contributed by atoms with Crippen molar-refractivity contribution in [2.24, 2.45) is 5.41 Å². The molecule has 14 heteroatoms. The second-order valence-corrected chi connectivity index (χ2v) is 20.5. The van der Waals surface area contributed by atoms with Crippen LogP contribution in [0.5, 0.6) is 0 Å². The molecule has 65 heavy (non-hydrogen) atoms. The summed E-state index contributed by atoms with van der Waals surface area (Å²) in [4.78, 5) is 30.4. The van der Waals surface area contributed by atoms with Crippen LogP contribution in [-0.4, -0.2) is 102 Å². The summed E-state index contributed by atoms with van der Waals surface area (Å²) >= 11 is 9.30. The van der Waals surface area contributed by atoms with Gasteiger partial charge in [0.1, 0.15) is 17.8 Å². The molecule has 11 nitrogen and oxygen atoms in total. The number of hydrogen-bond donors (Lipinski definition) is 2. The van der Waals surface area contributed by atoms with E-state index in [-0.39, 0.29) is 16.7 Å². The number of halogens is 1. The van der Waals surface area contributed by atoms with E-state index >= 15 is 0 Å². The number of piperidine rings is 1. The van der Waals surface area contributed by atoms with Gasteiger partial charge in [0.15, 0.2) is 0 Å². The highest BCUT2D eigenvalue weighted by atomic mass is 35.5. The van der Waals surface area contributed by atoms with Crippen LogP contribution in [-0.2, 0) is 4.74 Å². The van der Waals surface area contributed by atoms with Crippen LogP contribution in [0.1, 0.15) is 71.8 Å². The van der Waals surface area contributed by atoms with Crippen molar-refractivity contribution in [3.8, 4) is 0 Å². The Labute approximate surface area is 399 Å². The van der Waals surface area contributed by atoms with Crippen LogP contribution in [0.4, 0.5) is 22.9 Å². The van der Waals surface area contributed by atoms with E-state index in [1.807, 2.05) is 36.4 Å². The number of benzene rings is 4. The monoisotopic (exact) mass is 936 g/mol. The van der Waals surface area contributed by atoms with E-state index in [1.165, 1.54) is 34.4 Å². The molecule has 0 atom stereocenters. The van der Waals surface area contributed by atoms with E-state index in [4.69, 9.17) is 16.3 Å². The number of likely N-dealkylation sites (tertiary alicyclic amines) is 1. The standard InChI is InChI=1S/C44H57ClN8O3S.C7H8S/c1-31(2)56-36-15-20-50(21-16-36)19-5-18-46-40-13-11-37(27-42(40)53(54)55)57-49-43-39-12-10-35(26-41(39)47-30-48-43)52-24-22-51(23-25-52)29-33-28-44(3,4)17-14-38(33)32-6-8-34(45)9-7-32;1-8-7-5-3-2-4-6-7/h6-13,26-27,30-31,36,46H,5,14-25,28-29H2,1-4H3,(H,47,48,49);2-6H,1H3. The molecule has 0 unspecified atom stereocenters. The number of piperazine rings is 1. The Morgan fingerprint density at radius 3 is 2.35 bits per heavy atom. The number of hydrogen-bond acceptors (Lipinski definition) is 12. The first-order valence-electron chi connectivity index (χ1n) is 23.0. The van der Waals surface area contributed by atoms with Crippen LogP contribution in [0.2, 0.25) is 5.02 Å². The Morgan fingerprint density at radius 2 is 1.66 bits per heavy atom. The molecule has 3 heterocycles. The quantitative estimate of drug-likeness (QED) is 0.0323. The number of nitro groups is 1. The molecule has 0 saturated carbocycles. The lowest BCUT2D eigenvalue weighted by Crippen LogP contribution is -2.47. The lowest BCUT2D eigenvalue weighted by atomic mass is 9.73. The van der Waals surface area contributed by atoms with Gasteiger partial charge in [0.2, 0.25) is 0 Å². The second-order valence-electron chi connectivity index (χ2n) is 18.3. The Balaban J connectivity index is 0.000000711. The molecule has 346 valence electrons. The fourth-order valence-corrected chi connectivity index (χ4v) is 10.3. The maximum atomic E-state index is 12.1. The summed E-state index contributed by atoms with van der Waals surface area (Å²) in [6.07, 6.45) is 10.7. The van der Waals surface area contributed by atoms with Crippen molar-refractivity contribution >= 4 is 74.7 Å². The number of ether oxygens (including phenoxy) is 1. The van der Waals surface area contributed by atoms with Gasteiger partial charge in [-0.3, -0.25) is 15.0 Å². The zero-order chi connectivity index (χ0) is 45.8. The molecule has 3 aliphatic rings. The summed E-state index contributed by atoms with van der Waals surface area (Å²) in [7, 11) is 0. The normalized spacial score (nSPS) is 17.2. The van der Waals surface area contributed by atoms with E-state index in [1.54, 1.807) is 35.8 Å². The first-order valence-corrected chi connectivity index (χ1v) is 25.5. The Bertz CT molecular complexity index is 2350. The van der Waals surface area contributed by atoms with Gasteiger partial charge in [-0.2, -0.15) is 0 Å². The van der Waals surface area contributed by atoms with E-state index in [2.05, 4.69) is 111 Å². The largest absolute Gasteiger partial charge is 0.379 e. The SMILES string of the molecule is CC(C)OC1CCN(CCCNc2ccc(SNc3ncnc4cc(N5CCN(CC6=C(c7ccc(Cl)cc7)CCC(C)(C)C6)CC5)ccc34)cc2[N+](=O)[O-])CC1.CSc1ccccc1. The fourth-order valence-electron chi connectivity index (χ4n) is 9.04. The minimum Gasteiger partial charge on any atom is -0.379 e. The minimum absolute atomic E-state index is 0.0621. The highest BCUT2D eigenvalue weighted by molar-refractivity contribution is 8.00. The Kier molecular flexibility index (Phi) is 17.5. The van der Waals surface area contributed by atoms with Crippen molar-refractivity contribution in [2.45, 2.75) is 88.2 Å². The van der Waals surface area contributed by atoms with Crippen molar-refractivity contribution in [1.29, 1.82) is 0 Å².